The van der Waals surface area contributed by atoms with Crippen LogP contribution in [0.25, 0.3) is 0 Å². The minimum atomic E-state index is -0.618. The molecule has 0 aliphatic heterocycles. The van der Waals surface area contributed by atoms with Crippen LogP contribution in [0.3, 0.4) is 0 Å². The molecule has 5 heteroatoms. The molecule has 1 aromatic heterocycles. The van der Waals surface area contributed by atoms with E-state index in [0.29, 0.717) is 31.7 Å². The number of hydrogen-bond acceptors (Lipinski definition) is 4. The van der Waals surface area contributed by atoms with Crippen molar-refractivity contribution in [3.05, 3.63) is 88.8 Å². The molecule has 0 atom stereocenters. The fourth-order valence-electron chi connectivity index (χ4n) is 4.15. The predicted molar refractivity (Wildman–Crippen MR) is 112 cm³/mol. The second-order valence-corrected chi connectivity index (χ2v) is 7.82. The highest BCUT2D eigenvalue weighted by molar-refractivity contribution is 5.88. The first kappa shape index (κ1) is 19.4. The third-order valence-electron chi connectivity index (χ3n) is 5.89. The maximum atomic E-state index is 13.5. The second-order valence-electron chi connectivity index (χ2n) is 7.82. The van der Waals surface area contributed by atoms with Gasteiger partial charge < -0.3 is 9.84 Å². The van der Waals surface area contributed by atoms with Crippen LogP contribution in [0.2, 0.25) is 0 Å². The Hall–Kier alpha value is -2.92. The van der Waals surface area contributed by atoms with Crippen LogP contribution in [0.15, 0.2) is 65.2 Å². The summed E-state index contributed by atoms with van der Waals surface area (Å²) >= 11 is 0. The van der Waals surface area contributed by atoms with Gasteiger partial charge >= 0.3 is 0 Å². The molecule has 5 nitrogen and oxygen atoms in total. The monoisotopic (exact) mass is 389 g/mol. The first-order valence-corrected chi connectivity index (χ1v) is 10.2. The van der Waals surface area contributed by atoms with E-state index < -0.39 is 5.54 Å². The van der Waals surface area contributed by atoms with E-state index in [2.05, 4.69) is 39.6 Å². The number of aryl methyl sites for hydroxylation is 1. The van der Waals surface area contributed by atoms with Gasteiger partial charge in [0.25, 0.3) is 0 Å². The molecular weight excluding hydrogens is 362 g/mol. The molecule has 0 saturated carbocycles. The largest absolute Gasteiger partial charge is 0.359 e. The van der Waals surface area contributed by atoms with Crippen molar-refractivity contribution in [3.8, 4) is 0 Å². The SMILES string of the molecule is CCc1cc(CNC(=O)C2(N(C)Cc3ccccc3)Cc3ccccc3C2)on1. The first-order valence-electron chi connectivity index (χ1n) is 10.2. The highest BCUT2D eigenvalue weighted by Crippen LogP contribution is 2.35. The smallest absolute Gasteiger partial charge is 0.241 e. The van der Waals surface area contributed by atoms with Gasteiger partial charge in [-0.25, -0.2) is 0 Å². The first-order chi connectivity index (χ1) is 14.1. The van der Waals surface area contributed by atoms with Crippen LogP contribution in [-0.4, -0.2) is 28.6 Å². The topological polar surface area (TPSA) is 58.4 Å². The lowest BCUT2D eigenvalue weighted by Gasteiger charge is -2.37. The molecule has 0 unspecified atom stereocenters. The van der Waals surface area contributed by atoms with Gasteiger partial charge in [-0.3, -0.25) is 9.69 Å². The number of aromatic nitrogens is 1. The zero-order valence-corrected chi connectivity index (χ0v) is 17.0. The third-order valence-corrected chi connectivity index (χ3v) is 5.89. The maximum absolute atomic E-state index is 13.5. The molecule has 2 aromatic carbocycles. The van der Waals surface area contributed by atoms with Gasteiger partial charge in [0.15, 0.2) is 5.76 Å². The van der Waals surface area contributed by atoms with Crippen LogP contribution in [-0.2, 0) is 37.1 Å². The van der Waals surface area contributed by atoms with Crippen molar-refractivity contribution in [2.75, 3.05) is 7.05 Å². The molecule has 0 spiro atoms. The number of likely N-dealkylation sites (N-methyl/N-ethyl adjacent to an activating group) is 1. The fraction of sp³-hybridized carbons (Fsp3) is 0.333. The lowest BCUT2D eigenvalue weighted by molar-refractivity contribution is -0.133. The summed E-state index contributed by atoms with van der Waals surface area (Å²) in [6, 6.07) is 20.5. The van der Waals surface area contributed by atoms with Crippen LogP contribution in [0.4, 0.5) is 0 Å². The molecule has 1 aliphatic carbocycles. The van der Waals surface area contributed by atoms with E-state index in [-0.39, 0.29) is 5.91 Å². The third kappa shape index (κ3) is 3.96. The molecule has 1 aliphatic rings. The lowest BCUT2D eigenvalue weighted by Crippen LogP contribution is -2.58. The number of nitrogens with one attached hydrogen (secondary N) is 1. The average molecular weight is 389 g/mol. The minimum Gasteiger partial charge on any atom is -0.359 e. The molecule has 0 fully saturated rings. The lowest BCUT2D eigenvalue weighted by atomic mass is 9.91. The molecule has 0 saturated heterocycles. The molecule has 0 bridgehead atoms. The molecule has 150 valence electrons. The maximum Gasteiger partial charge on any atom is 0.241 e. The van der Waals surface area contributed by atoms with E-state index in [1.807, 2.05) is 50.4 Å². The number of amides is 1. The Balaban J connectivity index is 1.56. The number of carbonyl (C=O) groups excluding carboxylic acids is 1. The van der Waals surface area contributed by atoms with Gasteiger partial charge in [0, 0.05) is 25.5 Å². The van der Waals surface area contributed by atoms with E-state index in [1.54, 1.807) is 0 Å². The van der Waals surface area contributed by atoms with Crippen molar-refractivity contribution in [1.29, 1.82) is 0 Å². The summed E-state index contributed by atoms with van der Waals surface area (Å²) in [5.74, 6) is 0.716. The van der Waals surface area contributed by atoms with Crippen molar-refractivity contribution in [1.82, 2.24) is 15.4 Å². The van der Waals surface area contributed by atoms with E-state index in [4.69, 9.17) is 4.52 Å². The Morgan fingerprint density at radius 3 is 2.38 bits per heavy atom. The zero-order chi connectivity index (χ0) is 20.3. The van der Waals surface area contributed by atoms with Crippen molar-refractivity contribution < 1.29 is 9.32 Å². The fourth-order valence-corrected chi connectivity index (χ4v) is 4.15. The van der Waals surface area contributed by atoms with Gasteiger partial charge in [0.05, 0.1) is 12.2 Å². The molecule has 1 N–H and O–H groups in total. The summed E-state index contributed by atoms with van der Waals surface area (Å²) in [6.07, 6.45) is 2.22. The summed E-state index contributed by atoms with van der Waals surface area (Å²) in [5, 5.41) is 7.12. The number of nitrogens with zero attached hydrogens (tertiary/aromatic N) is 2. The van der Waals surface area contributed by atoms with Crippen molar-refractivity contribution in [2.24, 2.45) is 0 Å². The number of hydrogen-bond donors (Lipinski definition) is 1. The van der Waals surface area contributed by atoms with E-state index in [9.17, 15) is 4.79 Å². The second kappa shape index (κ2) is 8.21. The number of benzene rings is 2. The molecule has 29 heavy (non-hydrogen) atoms. The van der Waals surface area contributed by atoms with Crippen molar-refractivity contribution in [2.45, 2.75) is 44.8 Å². The molecule has 0 radical (unpaired) electrons. The Bertz CT molecular complexity index is 956. The van der Waals surface area contributed by atoms with Gasteiger partial charge in [0.1, 0.15) is 5.54 Å². The van der Waals surface area contributed by atoms with Gasteiger partial charge in [-0.15, -0.1) is 0 Å². The van der Waals surface area contributed by atoms with Crippen LogP contribution < -0.4 is 5.32 Å². The Morgan fingerprint density at radius 1 is 1.10 bits per heavy atom. The molecule has 1 heterocycles. The van der Waals surface area contributed by atoms with Crippen LogP contribution in [0, 0.1) is 0 Å². The summed E-state index contributed by atoms with van der Waals surface area (Å²) < 4.78 is 5.34. The quantitative estimate of drug-likeness (QED) is 0.672. The highest BCUT2D eigenvalue weighted by atomic mass is 16.5. The normalized spacial score (nSPS) is 14.7. The summed E-state index contributed by atoms with van der Waals surface area (Å²) in [6.45, 7) is 3.09. The minimum absolute atomic E-state index is 0.0292. The number of fused-ring (bicyclic) bond motifs is 1. The zero-order valence-electron chi connectivity index (χ0n) is 17.0. The Morgan fingerprint density at radius 2 is 1.76 bits per heavy atom. The van der Waals surface area contributed by atoms with Gasteiger partial charge in [-0.05, 0) is 30.2 Å². The molecular formula is C24H27N3O2. The van der Waals surface area contributed by atoms with E-state index in [0.717, 1.165) is 12.1 Å². The molecule has 3 aromatic rings. The molecule has 1 amide bonds. The number of rotatable bonds is 7. The summed E-state index contributed by atoms with van der Waals surface area (Å²) in [7, 11) is 2.04. The highest BCUT2D eigenvalue weighted by Gasteiger charge is 2.46. The number of carbonyl (C=O) groups is 1. The molecule has 4 rings (SSSR count). The summed E-state index contributed by atoms with van der Waals surface area (Å²) in [4.78, 5) is 15.7. The van der Waals surface area contributed by atoms with Gasteiger partial charge in [-0.1, -0.05) is 66.7 Å². The average Bonchev–Trinajstić information content (AvgIpc) is 3.37. The Labute approximate surface area is 171 Å². The standard InChI is InChI=1S/C24H27N3O2/c1-3-21-13-22(29-26-21)16-25-23(28)24(14-19-11-7-8-12-20(19)15-24)27(2)17-18-9-5-4-6-10-18/h4-13H,3,14-17H2,1-2H3,(H,25,28). The van der Waals surface area contributed by atoms with Crippen LogP contribution in [0.1, 0.15) is 35.1 Å². The van der Waals surface area contributed by atoms with E-state index >= 15 is 0 Å². The van der Waals surface area contributed by atoms with E-state index in [1.165, 1.54) is 16.7 Å². The predicted octanol–water partition coefficient (Wildman–Crippen LogP) is 3.52. The Kier molecular flexibility index (Phi) is 5.49. The summed E-state index contributed by atoms with van der Waals surface area (Å²) in [5.41, 5.74) is 3.97. The van der Waals surface area contributed by atoms with Crippen molar-refractivity contribution >= 4 is 5.91 Å². The van der Waals surface area contributed by atoms with Crippen molar-refractivity contribution in [3.63, 3.8) is 0 Å². The van der Waals surface area contributed by atoms with Crippen LogP contribution in [0.5, 0.6) is 0 Å². The van der Waals surface area contributed by atoms with Crippen LogP contribution >= 0.6 is 0 Å². The van der Waals surface area contributed by atoms with Gasteiger partial charge in [0.2, 0.25) is 5.91 Å². The van der Waals surface area contributed by atoms with Gasteiger partial charge in [-0.2, -0.15) is 0 Å².